The Morgan fingerprint density at radius 3 is 1.16 bits per heavy atom. The van der Waals surface area contributed by atoms with Crippen LogP contribution < -0.4 is 9.47 Å². The van der Waals surface area contributed by atoms with Crippen LogP contribution in [0, 0.1) is 35.5 Å². The normalized spacial score (nSPS) is 24.0. The Morgan fingerprint density at radius 2 is 0.822 bits per heavy atom. The van der Waals surface area contributed by atoms with E-state index in [-0.39, 0.29) is 12.2 Å². The molecule has 0 N–H and O–H groups in total. The molecule has 2 aromatic carbocycles. The van der Waals surface area contributed by atoms with E-state index in [0.717, 1.165) is 60.9 Å². The predicted molar refractivity (Wildman–Crippen MR) is 183 cm³/mol. The van der Waals surface area contributed by atoms with Crippen LogP contribution in [0.15, 0.2) is 60.7 Å². The van der Waals surface area contributed by atoms with Gasteiger partial charge in [-0.25, -0.2) is 0 Å². The summed E-state index contributed by atoms with van der Waals surface area (Å²) < 4.78 is 39.2. The monoisotopic (exact) mass is 640 g/mol. The molecule has 0 radical (unpaired) electrons. The van der Waals surface area contributed by atoms with Crippen LogP contribution in [-0.4, -0.2) is 47.7 Å². The Labute approximate surface area is 275 Å². The quantitative estimate of drug-likeness (QED) is 0.120. The molecule has 0 saturated heterocycles. The van der Waals surface area contributed by atoms with Crippen LogP contribution in [0.3, 0.4) is 0 Å². The van der Waals surface area contributed by atoms with Crippen LogP contribution >= 0.6 is 0 Å². The molecule has 6 nitrogen and oxygen atoms in total. The second-order valence-electron chi connectivity index (χ2n) is 14.0. The average molecular weight is 641 g/mol. The molecular formula is C38H60O6Si. The molecule has 0 spiro atoms. The first kappa shape index (κ1) is 35.9. The van der Waals surface area contributed by atoms with Gasteiger partial charge in [0.15, 0.2) is 0 Å². The summed E-state index contributed by atoms with van der Waals surface area (Å²) in [6.45, 7) is 15.2. The standard InChI is InChI=1S/C38H60O6Si/c1-29(2)33-17-21-35(22-18-33)31(5)43-45(41-27-25-39-37-13-9-7-10-14-37,42-28-26-40-38-15-11-8-12-16-38)44-32(6)36-23-19-34(20-24-36)30(3)4/h7-16,29-36H,17-28H2,1-6H3. The fraction of sp³-hybridized carbons (Fsp3) is 0.684. The maximum absolute atomic E-state index is 6.96. The van der Waals surface area contributed by atoms with Crippen LogP contribution in [0.25, 0.3) is 0 Å². The summed E-state index contributed by atoms with van der Waals surface area (Å²) in [5, 5.41) is 0. The Bertz CT molecular complexity index is 965. The molecule has 0 amide bonds. The molecule has 2 unspecified atom stereocenters. The molecule has 4 rings (SSSR count). The molecule has 2 saturated carbocycles. The molecule has 0 aliphatic heterocycles. The SMILES string of the molecule is CC(C)C1CCC(C(C)O[Si](OCCOc2ccccc2)(OCCOc2ccccc2)OC(C)C2CCC(C(C)C)CC2)CC1. The van der Waals surface area contributed by atoms with E-state index in [4.69, 9.17) is 27.2 Å². The van der Waals surface area contributed by atoms with Gasteiger partial charge in [-0.2, -0.15) is 0 Å². The molecule has 2 aliphatic rings. The minimum atomic E-state index is -3.60. The number of rotatable bonds is 18. The van der Waals surface area contributed by atoms with Gasteiger partial charge >= 0.3 is 9.05 Å². The Balaban J connectivity index is 1.47. The largest absolute Gasteiger partial charge is 0.680 e. The van der Waals surface area contributed by atoms with E-state index in [2.05, 4.69) is 41.5 Å². The molecule has 0 bridgehead atoms. The summed E-state index contributed by atoms with van der Waals surface area (Å²) in [5.41, 5.74) is 0. The second kappa shape index (κ2) is 18.4. The summed E-state index contributed by atoms with van der Waals surface area (Å²) >= 11 is 0. The van der Waals surface area contributed by atoms with Gasteiger partial charge in [-0.05, 0) is 125 Å². The first-order valence-electron chi connectivity index (χ1n) is 17.7. The van der Waals surface area contributed by atoms with E-state index in [0.29, 0.717) is 38.3 Å². The molecule has 252 valence electrons. The molecule has 0 heterocycles. The van der Waals surface area contributed by atoms with E-state index in [9.17, 15) is 0 Å². The van der Waals surface area contributed by atoms with Crippen LogP contribution in [0.1, 0.15) is 92.9 Å². The van der Waals surface area contributed by atoms with Crippen LogP contribution in [0.2, 0.25) is 0 Å². The van der Waals surface area contributed by atoms with E-state index >= 15 is 0 Å². The van der Waals surface area contributed by atoms with Crippen molar-refractivity contribution in [3.05, 3.63) is 60.7 Å². The third kappa shape index (κ3) is 11.7. The van der Waals surface area contributed by atoms with Crippen molar-refractivity contribution >= 4 is 9.05 Å². The number of benzene rings is 2. The van der Waals surface area contributed by atoms with Crippen molar-refractivity contribution in [3.8, 4) is 11.5 Å². The molecule has 7 heteroatoms. The number of hydrogen-bond acceptors (Lipinski definition) is 6. The van der Waals surface area contributed by atoms with Crippen LogP contribution in [0.4, 0.5) is 0 Å². The average Bonchev–Trinajstić information content (AvgIpc) is 3.06. The zero-order chi connectivity index (χ0) is 32.1. The maximum atomic E-state index is 6.96. The van der Waals surface area contributed by atoms with Crippen LogP contribution in [0.5, 0.6) is 11.5 Å². The van der Waals surface area contributed by atoms with Crippen molar-refractivity contribution in [2.45, 2.75) is 105 Å². The lowest BCUT2D eigenvalue weighted by Gasteiger charge is -2.40. The number of hydrogen-bond donors (Lipinski definition) is 0. The molecule has 2 aromatic rings. The highest BCUT2D eigenvalue weighted by molar-refractivity contribution is 6.53. The van der Waals surface area contributed by atoms with Crippen molar-refractivity contribution < 1.29 is 27.2 Å². The van der Waals surface area contributed by atoms with Gasteiger partial charge in [0.1, 0.15) is 24.7 Å². The lowest BCUT2D eigenvalue weighted by atomic mass is 9.75. The van der Waals surface area contributed by atoms with Crippen molar-refractivity contribution in [2.75, 3.05) is 26.4 Å². The third-order valence-electron chi connectivity index (χ3n) is 10.3. The minimum absolute atomic E-state index is 0.0289. The summed E-state index contributed by atoms with van der Waals surface area (Å²) in [6.07, 6.45) is 9.59. The van der Waals surface area contributed by atoms with Gasteiger partial charge in [-0.3, -0.25) is 0 Å². The van der Waals surface area contributed by atoms with Gasteiger partial charge in [0, 0.05) is 0 Å². The van der Waals surface area contributed by atoms with Crippen LogP contribution in [-0.2, 0) is 17.7 Å². The second-order valence-corrected chi connectivity index (χ2v) is 16.1. The lowest BCUT2D eigenvalue weighted by molar-refractivity contribution is -0.0982. The van der Waals surface area contributed by atoms with Crippen molar-refractivity contribution in [2.24, 2.45) is 35.5 Å². The highest BCUT2D eigenvalue weighted by Crippen LogP contribution is 2.39. The number of para-hydroxylation sites is 2. The Kier molecular flexibility index (Phi) is 14.7. The minimum Gasteiger partial charge on any atom is -0.491 e. The van der Waals surface area contributed by atoms with Gasteiger partial charge in [-0.1, -0.05) is 64.1 Å². The van der Waals surface area contributed by atoms with Crippen molar-refractivity contribution in [3.63, 3.8) is 0 Å². The fourth-order valence-corrected chi connectivity index (χ4v) is 9.47. The van der Waals surface area contributed by atoms with Crippen molar-refractivity contribution in [1.82, 2.24) is 0 Å². The van der Waals surface area contributed by atoms with Gasteiger partial charge in [0.2, 0.25) is 0 Å². The Morgan fingerprint density at radius 1 is 0.489 bits per heavy atom. The summed E-state index contributed by atoms with van der Waals surface area (Å²) in [6, 6.07) is 19.7. The Hall–Kier alpha value is -1.90. The highest BCUT2D eigenvalue weighted by Gasteiger charge is 2.51. The van der Waals surface area contributed by atoms with Gasteiger partial charge in [-0.15, -0.1) is 0 Å². The predicted octanol–water partition coefficient (Wildman–Crippen LogP) is 9.35. The summed E-state index contributed by atoms with van der Waals surface area (Å²) in [5.74, 6) is 5.60. The van der Waals surface area contributed by atoms with Crippen molar-refractivity contribution in [1.29, 1.82) is 0 Å². The topological polar surface area (TPSA) is 55.4 Å². The van der Waals surface area contributed by atoms with E-state index in [1.165, 1.54) is 25.7 Å². The molecule has 2 atom stereocenters. The molecular weight excluding hydrogens is 580 g/mol. The first-order valence-corrected chi connectivity index (χ1v) is 19.4. The van der Waals surface area contributed by atoms with E-state index in [1.807, 2.05) is 60.7 Å². The molecule has 2 aliphatic carbocycles. The zero-order valence-electron chi connectivity index (χ0n) is 28.8. The zero-order valence-corrected chi connectivity index (χ0v) is 29.8. The highest BCUT2D eigenvalue weighted by atomic mass is 28.4. The first-order chi connectivity index (χ1) is 21.7. The fourth-order valence-electron chi connectivity index (χ4n) is 7.10. The lowest BCUT2D eigenvalue weighted by Crippen LogP contribution is -2.56. The summed E-state index contributed by atoms with van der Waals surface area (Å²) in [4.78, 5) is 0. The van der Waals surface area contributed by atoms with E-state index < -0.39 is 9.05 Å². The summed E-state index contributed by atoms with van der Waals surface area (Å²) in [7, 11) is -3.60. The van der Waals surface area contributed by atoms with Gasteiger partial charge in [0.25, 0.3) is 0 Å². The molecule has 2 fully saturated rings. The molecule has 45 heavy (non-hydrogen) atoms. The smallest absolute Gasteiger partial charge is 0.491 e. The van der Waals surface area contributed by atoms with E-state index in [1.54, 1.807) is 0 Å². The van der Waals surface area contributed by atoms with Gasteiger partial charge in [0.05, 0.1) is 25.4 Å². The van der Waals surface area contributed by atoms with Gasteiger partial charge < -0.3 is 27.2 Å². The number of ether oxygens (including phenoxy) is 2. The molecule has 0 aromatic heterocycles. The maximum Gasteiger partial charge on any atom is 0.680 e. The third-order valence-corrected chi connectivity index (χ3v) is 12.7.